The van der Waals surface area contributed by atoms with Gasteiger partial charge in [-0.05, 0) is 71.6 Å². The van der Waals surface area contributed by atoms with Crippen molar-refractivity contribution in [3.05, 3.63) is 126 Å². The van der Waals surface area contributed by atoms with E-state index in [0.717, 1.165) is 16.7 Å². The van der Waals surface area contributed by atoms with Crippen LogP contribution in [0.4, 0.5) is 4.79 Å². The molecule has 0 spiro atoms. The topological polar surface area (TPSA) is 207 Å². The van der Waals surface area contributed by atoms with Gasteiger partial charge in [0.2, 0.25) is 17.7 Å². The number of imidazole rings is 1. The van der Waals surface area contributed by atoms with Crippen LogP contribution in [0.2, 0.25) is 0 Å². The molecule has 0 aliphatic rings. The smallest absolute Gasteiger partial charge is 0.408 e. The Morgan fingerprint density at radius 2 is 1.19 bits per heavy atom. The summed E-state index contributed by atoms with van der Waals surface area (Å²) in [6.07, 6.45) is 2.02. The number of aromatic nitrogens is 2. The molecule has 0 saturated carbocycles. The van der Waals surface area contributed by atoms with Crippen LogP contribution in [-0.2, 0) is 45.4 Å². The molecule has 0 aliphatic carbocycles. The summed E-state index contributed by atoms with van der Waals surface area (Å²) < 4.78 is 12.8. The number of carbonyl (C=O) groups is 6. The molecular formula is C44H54N6O9. The van der Waals surface area contributed by atoms with E-state index >= 15 is 0 Å². The van der Waals surface area contributed by atoms with Gasteiger partial charge in [-0.15, -0.1) is 0 Å². The van der Waals surface area contributed by atoms with Gasteiger partial charge in [0.05, 0.1) is 12.0 Å². The van der Waals surface area contributed by atoms with Crippen molar-refractivity contribution in [1.82, 2.24) is 30.8 Å². The first-order valence-corrected chi connectivity index (χ1v) is 19.3. The fraction of sp³-hybridized carbons (Fsp3) is 0.386. The summed E-state index contributed by atoms with van der Waals surface area (Å²) in [6.45, 7) is 10.7. The van der Waals surface area contributed by atoms with Gasteiger partial charge in [0.25, 0.3) is 0 Å². The Labute approximate surface area is 344 Å². The lowest BCUT2D eigenvalue weighted by Crippen LogP contribution is -2.56. The van der Waals surface area contributed by atoms with Gasteiger partial charge in [-0.25, -0.2) is 9.78 Å². The first kappa shape index (κ1) is 45.2. The average molecular weight is 811 g/mol. The first-order chi connectivity index (χ1) is 27.8. The van der Waals surface area contributed by atoms with Crippen molar-refractivity contribution in [1.29, 1.82) is 0 Å². The summed E-state index contributed by atoms with van der Waals surface area (Å²) in [6, 6.07) is 25.9. The summed E-state index contributed by atoms with van der Waals surface area (Å²) in [5, 5.41) is 19.0. The minimum atomic E-state index is -1.34. The summed E-state index contributed by atoms with van der Waals surface area (Å²) >= 11 is 0. The number of carboxylic acids is 1. The van der Waals surface area contributed by atoms with Crippen molar-refractivity contribution < 1.29 is 43.3 Å². The van der Waals surface area contributed by atoms with E-state index in [1.54, 1.807) is 47.9 Å². The molecule has 15 heteroatoms. The number of carboxylic acid groups (broad SMARTS) is 1. The molecule has 1 heterocycles. The molecule has 0 unspecified atom stereocenters. The highest BCUT2D eigenvalue weighted by Crippen LogP contribution is 2.40. The lowest BCUT2D eigenvalue weighted by molar-refractivity contribution is -0.155. The van der Waals surface area contributed by atoms with Crippen LogP contribution in [0.15, 0.2) is 104 Å². The van der Waals surface area contributed by atoms with Crippen LogP contribution in [-0.4, -0.2) is 86.3 Å². The number of ether oxygens (including phenoxy) is 2. The van der Waals surface area contributed by atoms with E-state index in [-0.39, 0.29) is 19.3 Å². The van der Waals surface area contributed by atoms with Gasteiger partial charge in [-0.3, -0.25) is 24.0 Å². The second-order valence-electron chi connectivity index (χ2n) is 16.0. The number of nitrogens with one attached hydrogen (secondary N) is 4. The van der Waals surface area contributed by atoms with E-state index in [0.29, 0.717) is 5.69 Å². The molecule has 4 rings (SSSR count). The second kappa shape index (κ2) is 19.8. The predicted octanol–water partition coefficient (Wildman–Crippen LogP) is 4.47. The van der Waals surface area contributed by atoms with Gasteiger partial charge in [-0.1, -0.05) is 91.0 Å². The lowest BCUT2D eigenvalue weighted by Gasteiger charge is -2.37. The number of hydrogen-bond donors (Lipinski definition) is 5. The molecule has 5 N–H and O–H groups in total. The normalized spacial score (nSPS) is 13.2. The molecule has 59 heavy (non-hydrogen) atoms. The lowest BCUT2D eigenvalue weighted by atomic mass is 9.77. The van der Waals surface area contributed by atoms with Crippen molar-refractivity contribution in [2.75, 3.05) is 6.54 Å². The molecule has 1 aromatic heterocycles. The Morgan fingerprint density at radius 3 is 1.66 bits per heavy atom. The molecule has 314 valence electrons. The maximum absolute atomic E-state index is 14.0. The highest BCUT2D eigenvalue weighted by molar-refractivity contribution is 5.94. The van der Waals surface area contributed by atoms with Gasteiger partial charge in [0, 0.05) is 19.0 Å². The monoisotopic (exact) mass is 810 g/mol. The van der Waals surface area contributed by atoms with E-state index < -0.39 is 77.2 Å². The Morgan fingerprint density at radius 1 is 0.678 bits per heavy atom. The molecule has 4 aromatic rings. The second-order valence-corrected chi connectivity index (χ2v) is 16.0. The van der Waals surface area contributed by atoms with E-state index in [9.17, 15) is 28.8 Å². The van der Waals surface area contributed by atoms with E-state index in [2.05, 4.69) is 21.3 Å². The fourth-order valence-electron chi connectivity index (χ4n) is 6.39. The Bertz CT molecular complexity index is 1960. The number of benzene rings is 3. The van der Waals surface area contributed by atoms with Gasteiger partial charge in [0.1, 0.15) is 41.4 Å². The summed E-state index contributed by atoms with van der Waals surface area (Å²) in [5.74, 6) is -4.35. The number of carbonyl (C=O) groups excluding carboxylic acids is 5. The number of amides is 4. The summed E-state index contributed by atoms with van der Waals surface area (Å²) in [7, 11) is 0. The van der Waals surface area contributed by atoms with Gasteiger partial charge >= 0.3 is 18.0 Å². The van der Waals surface area contributed by atoms with Crippen molar-refractivity contribution >= 4 is 35.8 Å². The number of hydrogen-bond acceptors (Lipinski definition) is 9. The SMILES string of the molecule is C[C@H](NC(=O)[C@H](Cc1cn(C(c2ccccc2)(c2ccccc2)c2ccccc2)cn1)NC(=O)OC(C)(C)C)C(=O)N[C@H](CCC(=O)OC(C)(C)C)C(=O)NCC(=O)O. The number of esters is 1. The molecule has 3 aromatic carbocycles. The third-order valence-corrected chi connectivity index (χ3v) is 8.87. The zero-order valence-electron chi connectivity index (χ0n) is 34.5. The van der Waals surface area contributed by atoms with Crippen LogP contribution in [0, 0.1) is 0 Å². The Kier molecular flexibility index (Phi) is 15.1. The predicted molar refractivity (Wildman–Crippen MR) is 219 cm³/mol. The van der Waals surface area contributed by atoms with Crippen LogP contribution < -0.4 is 21.3 Å². The minimum absolute atomic E-state index is 0.114. The highest BCUT2D eigenvalue weighted by Gasteiger charge is 2.39. The van der Waals surface area contributed by atoms with Gasteiger partial charge in [0.15, 0.2) is 0 Å². The van der Waals surface area contributed by atoms with Crippen molar-refractivity contribution in [2.24, 2.45) is 0 Å². The number of rotatable bonds is 17. The highest BCUT2D eigenvalue weighted by atomic mass is 16.6. The molecule has 0 bridgehead atoms. The average Bonchev–Trinajstić information content (AvgIpc) is 3.63. The third kappa shape index (κ3) is 13.0. The maximum Gasteiger partial charge on any atom is 0.408 e. The van der Waals surface area contributed by atoms with Crippen LogP contribution in [0.25, 0.3) is 0 Å². The standard InChI is InChI=1S/C44H54N6O9/c1-29(38(54)48-34(39(55)45-26-36(51)52)23-24-37(53)58-42(2,3)4)47-40(56)35(49-41(57)59-43(5,6)7)25-33-27-50(28-46-33)44(30-17-11-8-12-18-30,31-19-13-9-14-20-31)32-21-15-10-16-22-32/h8-22,27-29,34-35H,23-26H2,1-7H3,(H,45,55)(H,47,56)(H,48,54)(H,49,57)(H,51,52)/t29-,34+,35-/m0/s1. The third-order valence-electron chi connectivity index (χ3n) is 8.87. The summed E-state index contributed by atoms with van der Waals surface area (Å²) in [5.41, 5.74) is 0.694. The van der Waals surface area contributed by atoms with Crippen LogP contribution in [0.3, 0.4) is 0 Å². The fourth-order valence-corrected chi connectivity index (χ4v) is 6.39. The van der Waals surface area contributed by atoms with E-state index in [1.807, 2.05) is 102 Å². The molecule has 4 amide bonds. The first-order valence-electron chi connectivity index (χ1n) is 19.3. The van der Waals surface area contributed by atoms with Crippen LogP contribution in [0.1, 0.15) is 83.7 Å². The zero-order valence-corrected chi connectivity index (χ0v) is 34.5. The van der Waals surface area contributed by atoms with E-state index in [1.165, 1.54) is 6.92 Å². The quantitative estimate of drug-likeness (QED) is 0.0747. The van der Waals surface area contributed by atoms with Crippen LogP contribution >= 0.6 is 0 Å². The molecule has 15 nitrogen and oxygen atoms in total. The molecule has 0 aliphatic heterocycles. The molecule has 0 saturated heterocycles. The zero-order chi connectivity index (χ0) is 43.4. The van der Waals surface area contributed by atoms with Crippen molar-refractivity contribution in [2.45, 2.75) is 103 Å². The van der Waals surface area contributed by atoms with Gasteiger partial charge in [-0.2, -0.15) is 0 Å². The van der Waals surface area contributed by atoms with E-state index in [4.69, 9.17) is 19.6 Å². The number of alkyl carbamates (subject to hydrolysis) is 1. The minimum Gasteiger partial charge on any atom is -0.480 e. The van der Waals surface area contributed by atoms with Crippen LogP contribution in [0.5, 0.6) is 0 Å². The number of nitrogens with zero attached hydrogens (tertiary/aromatic N) is 2. The Balaban J connectivity index is 1.63. The van der Waals surface area contributed by atoms with Crippen molar-refractivity contribution in [3.8, 4) is 0 Å². The van der Waals surface area contributed by atoms with Gasteiger partial charge < -0.3 is 40.4 Å². The van der Waals surface area contributed by atoms with Crippen molar-refractivity contribution in [3.63, 3.8) is 0 Å². The molecule has 0 radical (unpaired) electrons. The molecule has 0 fully saturated rings. The number of aliphatic carboxylic acids is 1. The molecular weight excluding hydrogens is 757 g/mol. The largest absolute Gasteiger partial charge is 0.480 e. The summed E-state index contributed by atoms with van der Waals surface area (Å²) in [4.78, 5) is 81.7. The Hall–Kier alpha value is -6.51. The maximum atomic E-state index is 14.0. The molecule has 3 atom stereocenters.